The van der Waals surface area contributed by atoms with Gasteiger partial charge in [-0.3, -0.25) is 0 Å². The van der Waals surface area contributed by atoms with Crippen LogP contribution < -0.4 is 5.73 Å². The Bertz CT molecular complexity index is 341. The minimum absolute atomic E-state index is 0.683. The standard InChI is InChI=1S/C16H27N/c1-12(2)15(7-5-6-10-17)16-9-8-13(3)11-14(16)4/h8-9,11-12,15H,5-7,10,17H2,1-4H3. The molecule has 1 aromatic carbocycles. The van der Waals surface area contributed by atoms with Crippen molar-refractivity contribution in [3.63, 3.8) is 0 Å². The van der Waals surface area contributed by atoms with Crippen LogP contribution in [0.1, 0.15) is 55.7 Å². The zero-order chi connectivity index (χ0) is 12.8. The van der Waals surface area contributed by atoms with E-state index in [0.29, 0.717) is 11.8 Å². The van der Waals surface area contributed by atoms with E-state index < -0.39 is 0 Å². The van der Waals surface area contributed by atoms with Crippen LogP contribution >= 0.6 is 0 Å². The third kappa shape index (κ3) is 4.16. The molecule has 0 aliphatic carbocycles. The van der Waals surface area contributed by atoms with E-state index in [2.05, 4.69) is 45.9 Å². The minimum atomic E-state index is 0.683. The second-order valence-electron chi connectivity index (χ2n) is 5.50. The monoisotopic (exact) mass is 233 g/mol. The highest BCUT2D eigenvalue weighted by molar-refractivity contribution is 5.33. The zero-order valence-electron chi connectivity index (χ0n) is 11.8. The van der Waals surface area contributed by atoms with Crippen molar-refractivity contribution >= 4 is 0 Å². The third-order valence-electron chi connectivity index (χ3n) is 3.60. The summed E-state index contributed by atoms with van der Waals surface area (Å²) in [6.07, 6.45) is 3.65. The van der Waals surface area contributed by atoms with Crippen molar-refractivity contribution in [3.8, 4) is 0 Å². The van der Waals surface area contributed by atoms with Crippen LogP contribution in [0.2, 0.25) is 0 Å². The fourth-order valence-electron chi connectivity index (χ4n) is 2.60. The largest absolute Gasteiger partial charge is 0.330 e. The Morgan fingerprint density at radius 1 is 1.12 bits per heavy atom. The number of rotatable bonds is 6. The average Bonchev–Trinajstić information content (AvgIpc) is 2.25. The lowest BCUT2D eigenvalue weighted by atomic mass is 9.82. The summed E-state index contributed by atoms with van der Waals surface area (Å²) in [4.78, 5) is 0. The molecule has 0 aliphatic rings. The van der Waals surface area contributed by atoms with Crippen molar-refractivity contribution in [1.29, 1.82) is 0 Å². The Balaban J connectivity index is 2.82. The fraction of sp³-hybridized carbons (Fsp3) is 0.625. The SMILES string of the molecule is Cc1ccc(C(CCCCN)C(C)C)c(C)c1. The number of hydrogen-bond donors (Lipinski definition) is 1. The molecule has 0 saturated carbocycles. The van der Waals surface area contributed by atoms with Gasteiger partial charge in [-0.25, -0.2) is 0 Å². The van der Waals surface area contributed by atoms with Crippen molar-refractivity contribution in [2.24, 2.45) is 11.7 Å². The van der Waals surface area contributed by atoms with Gasteiger partial charge < -0.3 is 5.73 Å². The van der Waals surface area contributed by atoms with Crippen LogP contribution in [-0.2, 0) is 0 Å². The summed E-state index contributed by atoms with van der Waals surface area (Å²) in [5.41, 5.74) is 9.91. The first kappa shape index (κ1) is 14.2. The maximum Gasteiger partial charge on any atom is -0.00773 e. The summed E-state index contributed by atoms with van der Waals surface area (Å²) in [5.74, 6) is 1.39. The predicted octanol–water partition coefficient (Wildman–Crippen LogP) is 4.17. The molecule has 0 aliphatic heterocycles. The van der Waals surface area contributed by atoms with Crippen molar-refractivity contribution in [2.45, 2.75) is 52.9 Å². The van der Waals surface area contributed by atoms with Crippen LogP contribution in [0.4, 0.5) is 0 Å². The van der Waals surface area contributed by atoms with Crippen molar-refractivity contribution in [1.82, 2.24) is 0 Å². The van der Waals surface area contributed by atoms with Gasteiger partial charge in [-0.2, -0.15) is 0 Å². The molecule has 1 unspecified atom stereocenters. The van der Waals surface area contributed by atoms with Gasteiger partial charge in [0, 0.05) is 0 Å². The van der Waals surface area contributed by atoms with Crippen LogP contribution in [-0.4, -0.2) is 6.54 Å². The van der Waals surface area contributed by atoms with E-state index in [1.54, 1.807) is 0 Å². The molecule has 0 saturated heterocycles. The third-order valence-corrected chi connectivity index (χ3v) is 3.60. The zero-order valence-corrected chi connectivity index (χ0v) is 11.8. The minimum Gasteiger partial charge on any atom is -0.330 e. The molecule has 0 fully saturated rings. The maximum atomic E-state index is 5.58. The summed E-state index contributed by atoms with van der Waals surface area (Å²) in [6, 6.07) is 6.85. The normalized spacial score (nSPS) is 13.1. The number of unbranched alkanes of at least 4 members (excludes halogenated alkanes) is 1. The second-order valence-corrected chi connectivity index (χ2v) is 5.50. The average molecular weight is 233 g/mol. The summed E-state index contributed by atoms with van der Waals surface area (Å²) < 4.78 is 0. The molecule has 0 aromatic heterocycles. The van der Waals surface area contributed by atoms with Gasteiger partial charge in [-0.15, -0.1) is 0 Å². The molecule has 96 valence electrons. The van der Waals surface area contributed by atoms with E-state index in [1.807, 2.05) is 0 Å². The van der Waals surface area contributed by atoms with Gasteiger partial charge in [-0.1, -0.05) is 44.0 Å². The first-order chi connectivity index (χ1) is 8.06. The van der Waals surface area contributed by atoms with Gasteiger partial charge in [0.1, 0.15) is 0 Å². The van der Waals surface area contributed by atoms with E-state index in [1.165, 1.54) is 29.5 Å². The van der Waals surface area contributed by atoms with Gasteiger partial charge >= 0.3 is 0 Å². The Labute approximate surface area is 106 Å². The van der Waals surface area contributed by atoms with Gasteiger partial charge in [0.15, 0.2) is 0 Å². The van der Waals surface area contributed by atoms with Crippen LogP contribution in [0.3, 0.4) is 0 Å². The molecule has 0 amide bonds. The van der Waals surface area contributed by atoms with Gasteiger partial charge in [0.2, 0.25) is 0 Å². The van der Waals surface area contributed by atoms with Crippen LogP contribution in [0, 0.1) is 19.8 Å². The van der Waals surface area contributed by atoms with Crippen molar-refractivity contribution in [2.75, 3.05) is 6.54 Å². The van der Waals surface area contributed by atoms with E-state index in [0.717, 1.165) is 13.0 Å². The number of aryl methyl sites for hydroxylation is 2. The molecule has 2 N–H and O–H groups in total. The van der Waals surface area contributed by atoms with E-state index in [-0.39, 0.29) is 0 Å². The number of nitrogens with two attached hydrogens (primary N) is 1. The highest BCUT2D eigenvalue weighted by Gasteiger charge is 2.17. The molecule has 17 heavy (non-hydrogen) atoms. The number of hydrogen-bond acceptors (Lipinski definition) is 1. The lowest BCUT2D eigenvalue weighted by Crippen LogP contribution is -2.10. The quantitative estimate of drug-likeness (QED) is 0.733. The van der Waals surface area contributed by atoms with Crippen molar-refractivity contribution in [3.05, 3.63) is 34.9 Å². The Kier molecular flexibility index (Phi) is 5.70. The summed E-state index contributed by atoms with van der Waals surface area (Å²) >= 11 is 0. The molecule has 1 rings (SSSR count). The molecular weight excluding hydrogens is 206 g/mol. The summed E-state index contributed by atoms with van der Waals surface area (Å²) in [6.45, 7) is 9.87. The molecule has 0 heterocycles. The molecule has 1 atom stereocenters. The van der Waals surface area contributed by atoms with Crippen molar-refractivity contribution < 1.29 is 0 Å². The topological polar surface area (TPSA) is 26.0 Å². The number of benzene rings is 1. The molecule has 1 aromatic rings. The highest BCUT2D eigenvalue weighted by Crippen LogP contribution is 2.32. The summed E-state index contributed by atoms with van der Waals surface area (Å²) in [7, 11) is 0. The van der Waals surface area contributed by atoms with Gasteiger partial charge in [-0.05, 0) is 56.2 Å². The lowest BCUT2D eigenvalue weighted by molar-refractivity contribution is 0.448. The lowest BCUT2D eigenvalue weighted by Gasteiger charge is -2.23. The maximum absolute atomic E-state index is 5.58. The predicted molar refractivity (Wildman–Crippen MR) is 76.4 cm³/mol. The first-order valence-corrected chi connectivity index (χ1v) is 6.83. The second kappa shape index (κ2) is 6.80. The fourth-order valence-corrected chi connectivity index (χ4v) is 2.60. The van der Waals surface area contributed by atoms with E-state index in [4.69, 9.17) is 5.73 Å². The van der Waals surface area contributed by atoms with Crippen LogP contribution in [0.5, 0.6) is 0 Å². The highest BCUT2D eigenvalue weighted by atomic mass is 14.5. The van der Waals surface area contributed by atoms with Gasteiger partial charge in [0.05, 0.1) is 0 Å². The van der Waals surface area contributed by atoms with Crippen LogP contribution in [0.15, 0.2) is 18.2 Å². The van der Waals surface area contributed by atoms with E-state index in [9.17, 15) is 0 Å². The Hall–Kier alpha value is -0.820. The molecule has 0 radical (unpaired) electrons. The molecule has 0 spiro atoms. The molecule has 0 bridgehead atoms. The molecule has 1 heteroatoms. The molecule has 1 nitrogen and oxygen atoms in total. The first-order valence-electron chi connectivity index (χ1n) is 6.83. The van der Waals surface area contributed by atoms with E-state index >= 15 is 0 Å². The Morgan fingerprint density at radius 3 is 2.35 bits per heavy atom. The van der Waals surface area contributed by atoms with Gasteiger partial charge in [0.25, 0.3) is 0 Å². The smallest absolute Gasteiger partial charge is 0.00773 e. The Morgan fingerprint density at radius 2 is 1.82 bits per heavy atom. The molecular formula is C16H27N. The summed E-state index contributed by atoms with van der Waals surface area (Å²) in [5, 5.41) is 0. The van der Waals surface area contributed by atoms with Crippen LogP contribution in [0.25, 0.3) is 0 Å².